The molecule has 4 heteroatoms. The van der Waals surface area contributed by atoms with Crippen molar-refractivity contribution in [3.63, 3.8) is 0 Å². The monoisotopic (exact) mass is 512 g/mol. The van der Waals surface area contributed by atoms with E-state index < -0.39 is 0 Å². The molecular formula is C17H26N2OU. The van der Waals surface area contributed by atoms with Crippen LogP contribution in [0.1, 0.15) is 11.1 Å². The molecule has 1 saturated heterocycles. The van der Waals surface area contributed by atoms with Crippen molar-refractivity contribution < 1.29 is 35.9 Å². The van der Waals surface area contributed by atoms with Gasteiger partial charge in [-0.3, -0.25) is 9.80 Å². The normalized spacial score (nSPS) is 15.7. The first-order valence-electron chi connectivity index (χ1n) is 6.84. The zero-order chi connectivity index (χ0) is 13.7. The van der Waals surface area contributed by atoms with Crippen LogP contribution in [0.5, 0.6) is 5.75 Å². The van der Waals surface area contributed by atoms with Gasteiger partial charge in [-0.1, -0.05) is 13.0 Å². The van der Waals surface area contributed by atoms with Gasteiger partial charge in [0.2, 0.25) is 0 Å². The fourth-order valence-corrected chi connectivity index (χ4v) is 2.45. The van der Waals surface area contributed by atoms with Gasteiger partial charge in [-0.2, -0.15) is 12.1 Å². The number of nitrogens with zero attached hydrogens (tertiary/aromatic N) is 2. The Bertz CT molecular complexity index is 429. The molecule has 0 aromatic heterocycles. The molecular weight excluding hydrogens is 486 g/mol. The first-order valence-corrected chi connectivity index (χ1v) is 6.84. The molecule has 1 aromatic carbocycles. The van der Waals surface area contributed by atoms with E-state index in [0.29, 0.717) is 0 Å². The fraction of sp³-hybridized carbons (Fsp3) is 0.471. The molecule has 0 atom stereocenters. The van der Waals surface area contributed by atoms with Crippen molar-refractivity contribution in [3.05, 3.63) is 49.4 Å². The molecule has 21 heavy (non-hydrogen) atoms. The number of benzene rings is 1. The van der Waals surface area contributed by atoms with Gasteiger partial charge < -0.3 is 12.2 Å². The molecule has 1 aromatic rings. The fourth-order valence-electron chi connectivity index (χ4n) is 2.45. The molecule has 0 unspecified atom stereocenters. The van der Waals surface area contributed by atoms with Crippen LogP contribution >= 0.6 is 0 Å². The predicted molar refractivity (Wildman–Crippen MR) is 84.9 cm³/mol. The van der Waals surface area contributed by atoms with Gasteiger partial charge in [-0.05, 0) is 0 Å². The Morgan fingerprint density at radius 2 is 1.86 bits per heavy atom. The minimum Gasteiger partial charge on any atom is -0.522 e. The van der Waals surface area contributed by atoms with Crippen molar-refractivity contribution in [3.8, 4) is 5.75 Å². The molecule has 0 aliphatic carbocycles. The molecule has 0 spiro atoms. The van der Waals surface area contributed by atoms with Crippen molar-refractivity contribution in [2.75, 3.05) is 39.8 Å². The number of aryl methyl sites for hydroxylation is 1. The summed E-state index contributed by atoms with van der Waals surface area (Å²) in [6.45, 7) is 12.3. The van der Waals surface area contributed by atoms with Crippen molar-refractivity contribution in [1.82, 2.24) is 9.80 Å². The SMILES string of the molecule is C=CCN1CCN(Cc2[c-]c(OC)c(C)cc2)CC1.[CH3-].[U+2]. The van der Waals surface area contributed by atoms with Crippen LogP contribution < -0.4 is 4.74 Å². The van der Waals surface area contributed by atoms with E-state index in [2.05, 4.69) is 34.6 Å². The van der Waals surface area contributed by atoms with Crippen LogP contribution in [-0.2, 0) is 6.54 Å². The van der Waals surface area contributed by atoms with Crippen molar-refractivity contribution in [2.45, 2.75) is 13.5 Å². The predicted octanol–water partition coefficient (Wildman–Crippen LogP) is 2.56. The van der Waals surface area contributed by atoms with Crippen molar-refractivity contribution in [1.29, 1.82) is 0 Å². The third-order valence-corrected chi connectivity index (χ3v) is 3.62. The van der Waals surface area contributed by atoms with Gasteiger partial charge in [0.15, 0.2) is 0 Å². The second kappa shape index (κ2) is 10.5. The maximum Gasteiger partial charge on any atom is 2.00 e. The number of hydrogen-bond donors (Lipinski definition) is 0. The van der Waals surface area contributed by atoms with E-state index in [1.165, 1.54) is 5.56 Å². The van der Waals surface area contributed by atoms with Gasteiger partial charge in [0.25, 0.3) is 0 Å². The third-order valence-electron chi connectivity index (χ3n) is 3.62. The van der Waals surface area contributed by atoms with Gasteiger partial charge in [0, 0.05) is 45.0 Å². The molecule has 3 nitrogen and oxygen atoms in total. The first-order chi connectivity index (χ1) is 9.22. The average Bonchev–Trinajstić information content (AvgIpc) is 2.43. The standard InChI is InChI=1S/C16H23N2O.CH3.U/c1-4-7-17-8-10-18(11-9-17)13-15-6-5-14(2)16(12-15)19-3;;/h4-6H,1,7-11,13H2,2-3H3;1H3;/q2*-1;+2. The molecule has 1 heterocycles. The molecule has 1 aliphatic heterocycles. The van der Waals surface area contributed by atoms with Crippen LogP contribution in [0.25, 0.3) is 0 Å². The number of piperazine rings is 1. The molecule has 0 saturated carbocycles. The van der Waals surface area contributed by atoms with E-state index >= 15 is 0 Å². The van der Waals surface area contributed by atoms with Crippen LogP contribution in [-0.4, -0.2) is 49.6 Å². The number of rotatable bonds is 5. The molecule has 1 fully saturated rings. The van der Waals surface area contributed by atoms with Crippen LogP contribution in [0, 0.1) is 51.5 Å². The summed E-state index contributed by atoms with van der Waals surface area (Å²) >= 11 is 0. The zero-order valence-electron chi connectivity index (χ0n) is 13.5. The van der Waals surface area contributed by atoms with E-state index in [-0.39, 0.29) is 38.5 Å². The summed E-state index contributed by atoms with van der Waals surface area (Å²) in [6.07, 6.45) is 1.98. The number of methoxy groups -OCH3 is 1. The molecule has 0 radical (unpaired) electrons. The Labute approximate surface area is 153 Å². The average molecular weight is 512 g/mol. The summed E-state index contributed by atoms with van der Waals surface area (Å²) in [5, 5.41) is 0. The van der Waals surface area contributed by atoms with Gasteiger partial charge in [0.1, 0.15) is 0 Å². The van der Waals surface area contributed by atoms with E-state index in [1.54, 1.807) is 7.11 Å². The van der Waals surface area contributed by atoms with Crippen LogP contribution in [0.15, 0.2) is 24.8 Å². The summed E-state index contributed by atoms with van der Waals surface area (Å²) in [5.74, 6) is 0.864. The van der Waals surface area contributed by atoms with Gasteiger partial charge in [0.05, 0.1) is 7.11 Å². The molecule has 0 N–H and O–H groups in total. The zero-order valence-corrected chi connectivity index (χ0v) is 17.6. The Morgan fingerprint density at radius 3 is 2.43 bits per heavy atom. The Hall–Kier alpha value is -0.268. The summed E-state index contributed by atoms with van der Waals surface area (Å²) in [4.78, 5) is 4.91. The third kappa shape index (κ3) is 6.16. The Kier molecular flexibility index (Phi) is 10.3. The topological polar surface area (TPSA) is 15.7 Å². The molecule has 2 rings (SSSR count). The summed E-state index contributed by atoms with van der Waals surface area (Å²) in [5.41, 5.74) is 2.35. The molecule has 0 bridgehead atoms. The Balaban J connectivity index is 0.00000200. The minimum atomic E-state index is 0. The van der Waals surface area contributed by atoms with Gasteiger partial charge in [-0.15, -0.1) is 23.8 Å². The molecule has 1 aliphatic rings. The van der Waals surface area contributed by atoms with Crippen LogP contribution in [0.4, 0.5) is 0 Å². The van der Waals surface area contributed by atoms with Gasteiger partial charge in [-0.25, -0.2) is 0 Å². The summed E-state index contributed by atoms with van der Waals surface area (Å²) in [7, 11) is 1.71. The maximum atomic E-state index is 5.33. The smallest absolute Gasteiger partial charge is 0.522 e. The molecule has 114 valence electrons. The minimum absolute atomic E-state index is 0. The van der Waals surface area contributed by atoms with E-state index in [9.17, 15) is 0 Å². The van der Waals surface area contributed by atoms with Crippen LogP contribution in [0.2, 0.25) is 0 Å². The van der Waals surface area contributed by atoms with Crippen molar-refractivity contribution >= 4 is 0 Å². The second-order valence-electron chi connectivity index (χ2n) is 5.07. The number of hydrogen-bond acceptors (Lipinski definition) is 3. The van der Waals surface area contributed by atoms with Crippen molar-refractivity contribution in [2.24, 2.45) is 0 Å². The number of ether oxygens (including phenoxy) is 1. The summed E-state index contributed by atoms with van der Waals surface area (Å²) < 4.78 is 5.33. The maximum absolute atomic E-state index is 5.33. The van der Waals surface area contributed by atoms with Gasteiger partial charge >= 0.3 is 31.1 Å². The molecule has 0 amide bonds. The largest absolute Gasteiger partial charge is 2.00 e. The quantitative estimate of drug-likeness (QED) is 0.446. The van der Waals surface area contributed by atoms with E-state index in [4.69, 9.17) is 4.74 Å². The second-order valence-corrected chi connectivity index (χ2v) is 5.07. The Morgan fingerprint density at radius 1 is 1.24 bits per heavy atom. The van der Waals surface area contributed by atoms with E-state index in [0.717, 1.165) is 50.6 Å². The first kappa shape index (κ1) is 20.7. The van der Waals surface area contributed by atoms with E-state index in [1.807, 2.05) is 13.0 Å². The summed E-state index contributed by atoms with van der Waals surface area (Å²) in [6, 6.07) is 7.61. The van der Waals surface area contributed by atoms with Crippen LogP contribution in [0.3, 0.4) is 0 Å².